The number of unbranched alkanes of at least 4 members (excludes halogenated alkanes) is 9. The Morgan fingerprint density at radius 1 is 0.479 bits per heavy atom. The van der Waals surface area contributed by atoms with Crippen molar-refractivity contribution >= 4 is 0 Å². The molecule has 4 N–H and O–H groups in total. The van der Waals surface area contributed by atoms with Crippen molar-refractivity contribution in [1.82, 2.24) is 39.8 Å². The Morgan fingerprint density at radius 3 is 1.06 bits per heavy atom. The number of quaternary nitrogens is 2. The predicted octanol–water partition coefficient (Wildman–Crippen LogP) is 5.40. The minimum atomic E-state index is 0.128. The van der Waals surface area contributed by atoms with Crippen LogP contribution in [-0.2, 0) is 26.2 Å². The van der Waals surface area contributed by atoms with Gasteiger partial charge in [0, 0.05) is 35.2 Å². The molecular formula is C38H78N10+2. The molecule has 0 radical (unpaired) electrons. The first kappa shape index (κ1) is 42.3. The van der Waals surface area contributed by atoms with E-state index in [-0.39, 0.29) is 22.2 Å². The van der Waals surface area contributed by atoms with E-state index in [0.717, 1.165) is 50.7 Å². The fourth-order valence-corrected chi connectivity index (χ4v) is 7.33. The molecule has 48 heavy (non-hydrogen) atoms. The zero-order valence-electron chi connectivity index (χ0n) is 33.6. The molecule has 0 spiro atoms. The summed E-state index contributed by atoms with van der Waals surface area (Å²) >= 11 is 0. The van der Waals surface area contributed by atoms with Crippen molar-refractivity contribution in [2.24, 2.45) is 0 Å². The van der Waals surface area contributed by atoms with Crippen molar-refractivity contribution < 1.29 is 10.6 Å². The third-order valence-electron chi connectivity index (χ3n) is 9.29. The lowest BCUT2D eigenvalue weighted by atomic mass is 9.96. The fourth-order valence-electron chi connectivity index (χ4n) is 7.33. The average molecular weight is 675 g/mol. The smallest absolute Gasteiger partial charge is 0.137 e. The van der Waals surface area contributed by atoms with Crippen LogP contribution in [0.4, 0.5) is 0 Å². The summed E-state index contributed by atoms with van der Waals surface area (Å²) in [5.41, 5.74) is 2.69. The maximum atomic E-state index is 4.41. The largest absolute Gasteiger partial charge is 0.341 e. The van der Waals surface area contributed by atoms with E-state index in [1.807, 2.05) is 9.36 Å². The monoisotopic (exact) mass is 675 g/mol. The highest BCUT2D eigenvalue weighted by atomic mass is 15.4. The van der Waals surface area contributed by atoms with E-state index < -0.39 is 0 Å². The topological polar surface area (TPSA) is 101 Å². The maximum absolute atomic E-state index is 4.41. The normalized spacial score (nSPS) is 13.4. The number of hydrogen-bond acceptors (Lipinski definition) is 6. The van der Waals surface area contributed by atoms with Gasteiger partial charge in [0.25, 0.3) is 0 Å². The van der Waals surface area contributed by atoms with Crippen molar-refractivity contribution in [3.05, 3.63) is 23.8 Å². The summed E-state index contributed by atoms with van der Waals surface area (Å²) in [6.07, 6.45) is 17.8. The Morgan fingerprint density at radius 2 is 0.771 bits per heavy atom. The molecule has 0 atom stereocenters. The molecule has 10 nitrogen and oxygen atoms in total. The van der Waals surface area contributed by atoms with Gasteiger partial charge in [0.15, 0.2) is 0 Å². The van der Waals surface area contributed by atoms with Gasteiger partial charge in [-0.3, -0.25) is 19.2 Å². The van der Waals surface area contributed by atoms with Gasteiger partial charge in [0.2, 0.25) is 0 Å². The molecular weight excluding hydrogens is 596 g/mol. The highest BCUT2D eigenvalue weighted by Gasteiger charge is 2.32. The molecule has 2 heterocycles. The molecule has 0 unspecified atom stereocenters. The van der Waals surface area contributed by atoms with Crippen LogP contribution in [0.2, 0.25) is 0 Å². The number of aromatic nitrogens is 6. The quantitative estimate of drug-likeness (QED) is 0.153. The van der Waals surface area contributed by atoms with E-state index >= 15 is 0 Å². The van der Waals surface area contributed by atoms with Gasteiger partial charge < -0.3 is 10.6 Å². The SMILES string of the molecule is CC(C)(C)N(CCn1cc(C[NH2+]CCCCCCCCCCCC[NH2+]Cc2cn(CCN(C(C)(C)C)C(C)(C)C)nn2)nn1)C(C)(C)C. The third-order valence-corrected chi connectivity index (χ3v) is 9.29. The van der Waals surface area contributed by atoms with Gasteiger partial charge >= 0.3 is 0 Å². The van der Waals surface area contributed by atoms with Crippen molar-refractivity contribution in [2.45, 2.75) is 196 Å². The summed E-state index contributed by atoms with van der Waals surface area (Å²) in [5.74, 6) is 0. The molecule has 0 saturated heterocycles. The van der Waals surface area contributed by atoms with Crippen molar-refractivity contribution in [1.29, 1.82) is 0 Å². The molecule has 0 fully saturated rings. The first-order valence-corrected chi connectivity index (χ1v) is 19.3. The molecule has 278 valence electrons. The van der Waals surface area contributed by atoms with Crippen LogP contribution >= 0.6 is 0 Å². The Kier molecular flexibility index (Phi) is 17.7. The molecule has 10 heteroatoms. The highest BCUT2D eigenvalue weighted by molar-refractivity contribution is 4.92. The van der Waals surface area contributed by atoms with E-state index in [0.29, 0.717) is 0 Å². The number of nitrogens with zero attached hydrogens (tertiary/aromatic N) is 8. The van der Waals surface area contributed by atoms with Crippen LogP contribution in [0.25, 0.3) is 0 Å². The summed E-state index contributed by atoms with van der Waals surface area (Å²) in [6.45, 7) is 35.4. The van der Waals surface area contributed by atoms with Gasteiger partial charge in [-0.2, -0.15) is 0 Å². The van der Waals surface area contributed by atoms with Crippen molar-refractivity contribution in [3.8, 4) is 0 Å². The van der Waals surface area contributed by atoms with Crippen LogP contribution < -0.4 is 10.6 Å². The molecule has 0 aliphatic heterocycles. The van der Waals surface area contributed by atoms with E-state index in [1.54, 1.807) is 0 Å². The Bertz CT molecular complexity index is 994. The minimum Gasteiger partial charge on any atom is -0.341 e. The molecule has 0 amide bonds. The zero-order chi connectivity index (χ0) is 35.8. The lowest BCUT2D eigenvalue weighted by Gasteiger charge is -2.45. The van der Waals surface area contributed by atoms with Gasteiger partial charge in [0.05, 0.1) is 38.6 Å². The zero-order valence-corrected chi connectivity index (χ0v) is 33.6. The molecule has 2 aromatic heterocycles. The molecule has 0 aromatic carbocycles. The molecule has 0 saturated carbocycles. The Balaban J connectivity index is 1.41. The van der Waals surface area contributed by atoms with E-state index in [1.165, 1.54) is 77.3 Å². The standard InChI is InChI=1S/C38H76N10/c1-35(2,3)47(36(4,5)6)27-25-45-31-33(41-43-45)29-39-23-21-19-17-15-13-14-16-18-20-22-24-40-30-34-32-46(44-42-34)26-28-48(37(7,8)9)38(10,11)12/h31-32,39-40H,13-30H2,1-12H3/p+2. The van der Waals surface area contributed by atoms with Crippen LogP contribution in [0, 0.1) is 0 Å². The van der Waals surface area contributed by atoms with E-state index in [9.17, 15) is 0 Å². The summed E-state index contributed by atoms with van der Waals surface area (Å²) in [6, 6.07) is 0. The van der Waals surface area contributed by atoms with Gasteiger partial charge in [-0.05, 0) is 109 Å². The Hall–Kier alpha value is -1.88. The molecule has 0 bridgehead atoms. The molecule has 0 aliphatic rings. The van der Waals surface area contributed by atoms with Crippen LogP contribution in [0.3, 0.4) is 0 Å². The second-order valence-corrected chi connectivity index (χ2v) is 18.0. The van der Waals surface area contributed by atoms with E-state index in [2.05, 4.69) is 137 Å². The highest BCUT2D eigenvalue weighted by Crippen LogP contribution is 2.25. The molecule has 2 rings (SSSR count). The number of rotatable bonds is 23. The lowest BCUT2D eigenvalue weighted by Crippen LogP contribution is -2.82. The van der Waals surface area contributed by atoms with Gasteiger partial charge in [-0.25, -0.2) is 0 Å². The first-order valence-electron chi connectivity index (χ1n) is 19.3. The molecule has 2 aromatic rings. The maximum Gasteiger partial charge on any atom is 0.137 e. The second-order valence-electron chi connectivity index (χ2n) is 18.0. The summed E-state index contributed by atoms with van der Waals surface area (Å²) in [5, 5.41) is 22.4. The molecule has 0 aliphatic carbocycles. The summed E-state index contributed by atoms with van der Waals surface area (Å²) in [7, 11) is 0. The van der Waals surface area contributed by atoms with Crippen LogP contribution in [0.1, 0.15) is 159 Å². The summed E-state index contributed by atoms with van der Waals surface area (Å²) < 4.78 is 4.02. The van der Waals surface area contributed by atoms with Gasteiger partial charge in [0.1, 0.15) is 24.5 Å². The fraction of sp³-hybridized carbons (Fsp3) is 0.895. The summed E-state index contributed by atoms with van der Waals surface area (Å²) in [4.78, 5) is 5.09. The van der Waals surface area contributed by atoms with Crippen molar-refractivity contribution in [2.75, 3.05) is 26.2 Å². The van der Waals surface area contributed by atoms with E-state index in [4.69, 9.17) is 0 Å². The lowest BCUT2D eigenvalue weighted by molar-refractivity contribution is -0.671. The first-order chi connectivity index (χ1) is 22.4. The van der Waals surface area contributed by atoms with Crippen LogP contribution in [-0.4, -0.2) is 88.1 Å². The van der Waals surface area contributed by atoms with Crippen LogP contribution in [0.5, 0.6) is 0 Å². The minimum absolute atomic E-state index is 0.128. The average Bonchev–Trinajstić information content (AvgIpc) is 3.59. The van der Waals surface area contributed by atoms with Gasteiger partial charge in [-0.1, -0.05) is 49.0 Å². The number of hydrogen-bond donors (Lipinski definition) is 2. The van der Waals surface area contributed by atoms with Crippen LogP contribution in [0.15, 0.2) is 12.4 Å². The Labute approximate surface area is 295 Å². The van der Waals surface area contributed by atoms with Gasteiger partial charge in [-0.15, -0.1) is 10.2 Å². The predicted molar refractivity (Wildman–Crippen MR) is 200 cm³/mol. The number of nitrogens with two attached hydrogens (primary N) is 2. The van der Waals surface area contributed by atoms with Crippen molar-refractivity contribution in [3.63, 3.8) is 0 Å². The second kappa shape index (κ2) is 20.1. The third kappa shape index (κ3) is 17.2.